The highest BCUT2D eigenvalue weighted by Gasteiger charge is 2.26. The minimum absolute atomic E-state index is 0. The number of nitrogens with one attached hydrogen (secondary N) is 2. The predicted octanol–water partition coefficient (Wildman–Crippen LogP) is 1.34. The number of ether oxygens (including phenoxy) is 1. The molecule has 0 saturated carbocycles. The number of hydrogen-bond acceptors (Lipinski definition) is 3. The number of carbonyl (C=O) groups excluding carboxylic acids is 1. The second-order valence-corrected chi connectivity index (χ2v) is 4.92. The highest BCUT2D eigenvalue weighted by atomic mass is 35.5. The Balaban J connectivity index is 0.00000256. The molecule has 0 bridgehead atoms. The van der Waals surface area contributed by atoms with Crippen molar-refractivity contribution in [3.8, 4) is 0 Å². The second kappa shape index (κ2) is 8.72. The Bertz CT molecular complexity index is 219. The largest absolute Gasteiger partial charge is 0.372 e. The fraction of sp³-hybridized carbons (Fsp3) is 0.917. The van der Waals surface area contributed by atoms with Crippen molar-refractivity contribution in [1.82, 2.24) is 10.6 Å². The summed E-state index contributed by atoms with van der Waals surface area (Å²) in [4.78, 5) is 11.4. The van der Waals surface area contributed by atoms with Crippen LogP contribution in [-0.4, -0.2) is 38.8 Å². The first-order valence-corrected chi connectivity index (χ1v) is 6.21. The van der Waals surface area contributed by atoms with Crippen LogP contribution < -0.4 is 10.6 Å². The van der Waals surface area contributed by atoms with Gasteiger partial charge >= 0.3 is 0 Å². The highest BCUT2D eigenvalue weighted by molar-refractivity contribution is 5.85. The van der Waals surface area contributed by atoms with Crippen molar-refractivity contribution >= 4 is 18.3 Å². The van der Waals surface area contributed by atoms with E-state index >= 15 is 0 Å². The molecule has 1 amide bonds. The quantitative estimate of drug-likeness (QED) is 0.712. The summed E-state index contributed by atoms with van der Waals surface area (Å²) >= 11 is 0. The molecule has 102 valence electrons. The van der Waals surface area contributed by atoms with Crippen molar-refractivity contribution in [1.29, 1.82) is 0 Å². The number of hydrogen-bond donors (Lipinski definition) is 2. The standard InChI is InChI=1S/C12H24N2O2.ClH/c1-3-7-16-8-11(15)14-10-12(2)5-4-6-13-9-12;/h13H,3-10H2,1-2H3,(H,14,15);1H. The average Bonchev–Trinajstić information content (AvgIpc) is 2.28. The van der Waals surface area contributed by atoms with Crippen LogP contribution in [0.1, 0.15) is 33.1 Å². The third-order valence-electron chi connectivity index (χ3n) is 2.98. The van der Waals surface area contributed by atoms with Gasteiger partial charge in [-0.2, -0.15) is 0 Å². The van der Waals surface area contributed by atoms with Crippen LogP contribution in [0.2, 0.25) is 0 Å². The first-order chi connectivity index (χ1) is 7.66. The zero-order chi connectivity index (χ0) is 11.9. The molecule has 0 spiro atoms. The van der Waals surface area contributed by atoms with Crippen molar-refractivity contribution in [3.63, 3.8) is 0 Å². The second-order valence-electron chi connectivity index (χ2n) is 4.92. The molecule has 0 aromatic carbocycles. The molecule has 1 aliphatic rings. The summed E-state index contributed by atoms with van der Waals surface area (Å²) in [6, 6.07) is 0. The van der Waals surface area contributed by atoms with Crippen LogP contribution in [-0.2, 0) is 9.53 Å². The van der Waals surface area contributed by atoms with Crippen molar-refractivity contribution in [2.24, 2.45) is 5.41 Å². The molecule has 17 heavy (non-hydrogen) atoms. The average molecular weight is 265 g/mol. The number of amides is 1. The Morgan fingerprint density at radius 1 is 1.53 bits per heavy atom. The zero-order valence-electron chi connectivity index (χ0n) is 10.9. The number of piperidine rings is 1. The maximum atomic E-state index is 11.4. The number of carbonyl (C=O) groups is 1. The lowest BCUT2D eigenvalue weighted by molar-refractivity contribution is -0.126. The molecule has 2 N–H and O–H groups in total. The van der Waals surface area contributed by atoms with E-state index in [0.717, 1.165) is 26.1 Å². The lowest BCUT2D eigenvalue weighted by Crippen LogP contribution is -2.46. The van der Waals surface area contributed by atoms with Gasteiger partial charge in [-0.15, -0.1) is 12.4 Å². The van der Waals surface area contributed by atoms with Gasteiger partial charge in [-0.3, -0.25) is 4.79 Å². The molecular formula is C12H25ClN2O2. The summed E-state index contributed by atoms with van der Waals surface area (Å²) in [5.74, 6) is 0.000230. The lowest BCUT2D eigenvalue weighted by Gasteiger charge is -2.34. The fourth-order valence-corrected chi connectivity index (χ4v) is 1.94. The van der Waals surface area contributed by atoms with E-state index in [1.807, 2.05) is 6.92 Å². The van der Waals surface area contributed by atoms with Gasteiger partial charge in [0.05, 0.1) is 0 Å². The normalized spacial score (nSPS) is 23.9. The molecule has 1 saturated heterocycles. The highest BCUT2D eigenvalue weighted by Crippen LogP contribution is 2.23. The Labute approximate surface area is 110 Å². The SMILES string of the molecule is CCCOCC(=O)NCC1(C)CCCNC1.Cl. The summed E-state index contributed by atoms with van der Waals surface area (Å²) in [5.41, 5.74) is 0.207. The van der Waals surface area contributed by atoms with Gasteiger partial charge in [0, 0.05) is 19.7 Å². The van der Waals surface area contributed by atoms with Gasteiger partial charge in [-0.05, 0) is 31.2 Å². The van der Waals surface area contributed by atoms with Crippen LogP contribution >= 0.6 is 12.4 Å². The Kier molecular flexibility index (Phi) is 8.56. The molecule has 1 fully saturated rings. The molecule has 1 unspecified atom stereocenters. The fourth-order valence-electron chi connectivity index (χ4n) is 1.94. The van der Waals surface area contributed by atoms with Gasteiger partial charge in [0.25, 0.3) is 0 Å². The van der Waals surface area contributed by atoms with E-state index in [1.165, 1.54) is 12.8 Å². The minimum Gasteiger partial charge on any atom is -0.372 e. The van der Waals surface area contributed by atoms with E-state index in [4.69, 9.17) is 4.74 Å². The van der Waals surface area contributed by atoms with Gasteiger partial charge in [0.1, 0.15) is 6.61 Å². The zero-order valence-corrected chi connectivity index (χ0v) is 11.7. The Hall–Kier alpha value is -0.320. The molecule has 1 atom stereocenters. The summed E-state index contributed by atoms with van der Waals surface area (Å²) in [6.07, 6.45) is 3.32. The number of halogens is 1. The first kappa shape index (κ1) is 16.7. The number of rotatable bonds is 6. The maximum absolute atomic E-state index is 11.4. The van der Waals surface area contributed by atoms with Crippen molar-refractivity contribution < 1.29 is 9.53 Å². The summed E-state index contributed by atoms with van der Waals surface area (Å²) < 4.78 is 5.19. The van der Waals surface area contributed by atoms with Crippen LogP contribution in [0.4, 0.5) is 0 Å². The van der Waals surface area contributed by atoms with Crippen LogP contribution in [0.3, 0.4) is 0 Å². The van der Waals surface area contributed by atoms with Crippen LogP contribution in [0.5, 0.6) is 0 Å². The van der Waals surface area contributed by atoms with E-state index in [0.29, 0.717) is 6.61 Å². The maximum Gasteiger partial charge on any atom is 0.246 e. The third kappa shape index (κ3) is 6.86. The third-order valence-corrected chi connectivity index (χ3v) is 2.98. The van der Waals surface area contributed by atoms with Crippen LogP contribution in [0, 0.1) is 5.41 Å². The van der Waals surface area contributed by atoms with Gasteiger partial charge in [-0.25, -0.2) is 0 Å². The van der Waals surface area contributed by atoms with E-state index < -0.39 is 0 Å². The molecule has 0 aromatic heterocycles. The van der Waals surface area contributed by atoms with Gasteiger partial charge in [-0.1, -0.05) is 13.8 Å². The van der Waals surface area contributed by atoms with Gasteiger partial charge < -0.3 is 15.4 Å². The van der Waals surface area contributed by atoms with Gasteiger partial charge in [0.2, 0.25) is 5.91 Å². The monoisotopic (exact) mass is 264 g/mol. The molecule has 0 aromatic rings. The van der Waals surface area contributed by atoms with Crippen LogP contribution in [0.25, 0.3) is 0 Å². The van der Waals surface area contributed by atoms with E-state index in [-0.39, 0.29) is 30.3 Å². The van der Waals surface area contributed by atoms with Crippen molar-refractivity contribution in [2.45, 2.75) is 33.1 Å². The summed E-state index contributed by atoms with van der Waals surface area (Å²) in [6.45, 7) is 7.93. The molecular weight excluding hydrogens is 240 g/mol. The van der Waals surface area contributed by atoms with E-state index in [9.17, 15) is 4.79 Å². The Morgan fingerprint density at radius 2 is 2.29 bits per heavy atom. The first-order valence-electron chi connectivity index (χ1n) is 6.21. The van der Waals surface area contributed by atoms with E-state index in [2.05, 4.69) is 17.6 Å². The molecule has 0 aliphatic carbocycles. The predicted molar refractivity (Wildman–Crippen MR) is 71.6 cm³/mol. The minimum atomic E-state index is 0. The van der Waals surface area contributed by atoms with E-state index in [1.54, 1.807) is 0 Å². The lowest BCUT2D eigenvalue weighted by atomic mass is 9.83. The van der Waals surface area contributed by atoms with Crippen molar-refractivity contribution in [3.05, 3.63) is 0 Å². The molecule has 1 rings (SSSR count). The Morgan fingerprint density at radius 3 is 2.88 bits per heavy atom. The molecule has 5 heteroatoms. The molecule has 1 heterocycles. The molecule has 4 nitrogen and oxygen atoms in total. The summed E-state index contributed by atoms with van der Waals surface area (Å²) in [5, 5.41) is 6.32. The summed E-state index contributed by atoms with van der Waals surface area (Å²) in [7, 11) is 0. The van der Waals surface area contributed by atoms with Gasteiger partial charge in [0.15, 0.2) is 0 Å². The smallest absolute Gasteiger partial charge is 0.246 e. The molecule has 1 aliphatic heterocycles. The van der Waals surface area contributed by atoms with Crippen LogP contribution in [0.15, 0.2) is 0 Å². The molecule has 0 radical (unpaired) electrons. The topological polar surface area (TPSA) is 50.4 Å². The van der Waals surface area contributed by atoms with Crippen molar-refractivity contribution in [2.75, 3.05) is 32.8 Å².